The molecule has 2 N–H and O–H groups in total. The fourth-order valence-corrected chi connectivity index (χ4v) is 5.00. The highest BCUT2D eigenvalue weighted by Gasteiger charge is 2.29. The van der Waals surface area contributed by atoms with E-state index in [-0.39, 0.29) is 0 Å². The van der Waals surface area contributed by atoms with Crippen molar-refractivity contribution in [3.05, 3.63) is 22.8 Å². The summed E-state index contributed by atoms with van der Waals surface area (Å²) in [6.07, 6.45) is 7.08. The Hall–Kier alpha value is -1.54. The van der Waals surface area contributed by atoms with E-state index in [0.717, 1.165) is 47.5 Å². The maximum Gasteiger partial charge on any atom is 0.319 e. The van der Waals surface area contributed by atoms with Crippen LogP contribution in [-0.4, -0.2) is 44.1 Å². The lowest BCUT2D eigenvalue weighted by Gasteiger charge is -2.21. The first kappa shape index (κ1) is 22.7. The number of nitrogens with zero attached hydrogens (tertiary/aromatic N) is 3. The average Bonchev–Trinajstić information content (AvgIpc) is 3.26. The minimum absolute atomic E-state index is 0.809. The number of H-pyrrole nitrogens is 1. The van der Waals surface area contributed by atoms with E-state index < -0.39 is 10.7 Å². The Balaban J connectivity index is 1.92. The van der Waals surface area contributed by atoms with Crippen LogP contribution in [0.2, 0.25) is 0 Å². The molecule has 0 radical (unpaired) electrons. The smallest absolute Gasteiger partial charge is 0.319 e. The van der Waals surface area contributed by atoms with Crippen LogP contribution in [0.4, 0.5) is 5.82 Å². The first-order chi connectivity index (χ1) is 13.3. The van der Waals surface area contributed by atoms with Crippen LogP contribution in [0.15, 0.2) is 15.8 Å². The number of unbranched alkanes of at least 4 members (excludes halogenated alkanes) is 4. The Kier molecular flexibility index (Phi) is 8.82. The molecule has 28 heavy (non-hydrogen) atoms. The molecule has 2 heterocycles. The molecule has 0 amide bonds. The minimum atomic E-state index is -0.869. The van der Waals surface area contributed by atoms with Gasteiger partial charge in [0.25, 0.3) is 0 Å². The van der Waals surface area contributed by atoms with Crippen molar-refractivity contribution in [3.8, 4) is 0 Å². The fraction of sp³-hybridized carbons (Fsp3) is 0.650. The summed E-state index contributed by atoms with van der Waals surface area (Å²) < 4.78 is -0.0595. The molecule has 0 aliphatic rings. The van der Waals surface area contributed by atoms with Gasteiger partial charge in [-0.25, -0.2) is 4.98 Å². The van der Waals surface area contributed by atoms with Crippen LogP contribution in [0, 0.1) is 6.92 Å². The first-order valence-electron chi connectivity index (χ1n) is 9.95. The summed E-state index contributed by atoms with van der Waals surface area (Å²) in [7, 11) is 0. The van der Waals surface area contributed by atoms with Gasteiger partial charge in [-0.1, -0.05) is 44.4 Å². The van der Waals surface area contributed by atoms with Gasteiger partial charge in [0.05, 0.1) is 5.69 Å². The monoisotopic (exact) mass is 424 g/mol. The van der Waals surface area contributed by atoms with E-state index in [2.05, 4.69) is 33.1 Å². The Morgan fingerprint density at radius 3 is 2.68 bits per heavy atom. The van der Waals surface area contributed by atoms with E-state index in [1.807, 2.05) is 12.3 Å². The SMILES string of the molecule is CCCCCCCN(CCc1csc(SC(C)(C)C(=O)O)n1)c1cc(C)[nH]n1. The van der Waals surface area contributed by atoms with Gasteiger partial charge in [-0.3, -0.25) is 9.89 Å². The number of aromatic amines is 1. The second-order valence-electron chi connectivity index (χ2n) is 7.58. The molecule has 2 rings (SSSR count). The summed E-state index contributed by atoms with van der Waals surface area (Å²) in [5, 5.41) is 18.8. The number of nitrogens with one attached hydrogen (secondary N) is 1. The normalized spacial score (nSPS) is 11.7. The number of aliphatic carboxylic acids is 1. The lowest BCUT2D eigenvalue weighted by molar-refractivity contribution is -0.138. The largest absolute Gasteiger partial charge is 0.480 e. The van der Waals surface area contributed by atoms with Gasteiger partial charge in [0.1, 0.15) is 4.75 Å². The minimum Gasteiger partial charge on any atom is -0.480 e. The van der Waals surface area contributed by atoms with Crippen LogP contribution in [0.5, 0.6) is 0 Å². The predicted octanol–water partition coefficient (Wildman–Crippen LogP) is 5.15. The van der Waals surface area contributed by atoms with Gasteiger partial charge in [0, 0.05) is 36.7 Å². The standard InChI is InChI=1S/C20H32N4O2S2/c1-5-6-7-8-9-11-24(17-13-15(2)22-23-17)12-10-16-14-27-19(21-16)28-20(3,4)18(25)26/h13-14H,5-12H2,1-4H3,(H,22,23)(H,25,26). The van der Waals surface area contributed by atoms with Gasteiger partial charge >= 0.3 is 5.97 Å². The highest BCUT2D eigenvalue weighted by atomic mass is 32.2. The molecule has 0 bridgehead atoms. The highest BCUT2D eigenvalue weighted by Crippen LogP contribution is 2.34. The molecule has 6 nitrogen and oxygen atoms in total. The molecule has 2 aromatic rings. The third-order valence-corrected chi connectivity index (χ3v) is 6.75. The third kappa shape index (κ3) is 7.13. The number of anilines is 1. The zero-order valence-electron chi connectivity index (χ0n) is 17.3. The number of thioether (sulfide) groups is 1. The molecule has 0 aromatic carbocycles. The van der Waals surface area contributed by atoms with Crippen molar-refractivity contribution >= 4 is 34.9 Å². The van der Waals surface area contributed by atoms with Crippen molar-refractivity contribution < 1.29 is 9.90 Å². The zero-order valence-corrected chi connectivity index (χ0v) is 19.0. The maximum atomic E-state index is 11.3. The molecule has 0 aliphatic heterocycles. The Morgan fingerprint density at radius 2 is 2.04 bits per heavy atom. The fourth-order valence-electron chi connectivity index (χ4n) is 2.77. The number of carboxylic acid groups (broad SMARTS) is 1. The zero-order chi connectivity index (χ0) is 20.6. The molecular weight excluding hydrogens is 392 g/mol. The lowest BCUT2D eigenvalue weighted by atomic mass is 10.1. The number of aromatic nitrogens is 3. The molecule has 0 unspecified atom stereocenters. The highest BCUT2D eigenvalue weighted by molar-refractivity contribution is 8.02. The molecule has 0 fully saturated rings. The van der Waals surface area contributed by atoms with E-state index in [1.54, 1.807) is 13.8 Å². The predicted molar refractivity (Wildman–Crippen MR) is 118 cm³/mol. The van der Waals surface area contributed by atoms with Crippen molar-refractivity contribution in [2.75, 3.05) is 18.0 Å². The van der Waals surface area contributed by atoms with Crippen LogP contribution in [0.1, 0.15) is 64.3 Å². The molecule has 0 aliphatic carbocycles. The Morgan fingerprint density at radius 1 is 1.29 bits per heavy atom. The number of hydrogen-bond acceptors (Lipinski definition) is 6. The number of hydrogen-bond donors (Lipinski definition) is 2. The van der Waals surface area contributed by atoms with E-state index in [4.69, 9.17) is 0 Å². The van der Waals surface area contributed by atoms with E-state index in [9.17, 15) is 9.90 Å². The molecule has 0 saturated carbocycles. The second-order valence-corrected chi connectivity index (χ2v) is 10.3. The summed E-state index contributed by atoms with van der Waals surface area (Å²) in [5.74, 6) is 0.169. The van der Waals surface area contributed by atoms with Gasteiger partial charge in [0.2, 0.25) is 0 Å². The Bertz CT molecular complexity index is 742. The molecule has 2 aromatic heterocycles. The van der Waals surface area contributed by atoms with Crippen molar-refractivity contribution in [1.29, 1.82) is 0 Å². The van der Waals surface area contributed by atoms with Crippen molar-refractivity contribution in [3.63, 3.8) is 0 Å². The van der Waals surface area contributed by atoms with Gasteiger partial charge < -0.3 is 10.0 Å². The van der Waals surface area contributed by atoms with Crippen molar-refractivity contribution in [2.45, 2.75) is 75.3 Å². The van der Waals surface area contributed by atoms with E-state index >= 15 is 0 Å². The topological polar surface area (TPSA) is 82.1 Å². The van der Waals surface area contributed by atoms with Crippen LogP contribution in [-0.2, 0) is 11.2 Å². The number of carbonyl (C=O) groups is 1. The Labute approximate surface area is 176 Å². The summed E-state index contributed by atoms with van der Waals surface area (Å²) in [6, 6.07) is 2.09. The first-order valence-corrected chi connectivity index (χ1v) is 11.6. The number of thiazole rings is 1. The number of aryl methyl sites for hydroxylation is 1. The molecule has 8 heteroatoms. The lowest BCUT2D eigenvalue weighted by Crippen LogP contribution is -2.27. The van der Waals surface area contributed by atoms with Crippen LogP contribution < -0.4 is 4.90 Å². The van der Waals surface area contributed by atoms with Gasteiger partial charge in [-0.05, 0) is 27.2 Å². The quantitative estimate of drug-likeness (QED) is 0.342. The van der Waals surface area contributed by atoms with Crippen LogP contribution >= 0.6 is 23.1 Å². The molecule has 156 valence electrons. The summed E-state index contributed by atoms with van der Waals surface area (Å²) in [5.41, 5.74) is 2.08. The molecule has 0 atom stereocenters. The average molecular weight is 425 g/mol. The van der Waals surface area contributed by atoms with E-state index in [1.165, 1.54) is 48.8 Å². The van der Waals surface area contributed by atoms with Gasteiger partial charge in [-0.2, -0.15) is 5.10 Å². The van der Waals surface area contributed by atoms with Crippen molar-refractivity contribution in [2.24, 2.45) is 0 Å². The van der Waals surface area contributed by atoms with E-state index in [0.29, 0.717) is 0 Å². The summed E-state index contributed by atoms with van der Waals surface area (Å²) in [6.45, 7) is 9.52. The molecule has 0 saturated heterocycles. The number of carboxylic acids is 1. The van der Waals surface area contributed by atoms with Crippen LogP contribution in [0.3, 0.4) is 0 Å². The molecular formula is C20H32N4O2S2. The maximum absolute atomic E-state index is 11.3. The van der Waals surface area contributed by atoms with Gasteiger partial charge in [0.15, 0.2) is 10.2 Å². The summed E-state index contributed by atoms with van der Waals surface area (Å²) in [4.78, 5) is 18.3. The molecule has 0 spiro atoms. The van der Waals surface area contributed by atoms with Crippen LogP contribution in [0.25, 0.3) is 0 Å². The second kappa shape index (κ2) is 10.9. The van der Waals surface area contributed by atoms with Gasteiger partial charge in [-0.15, -0.1) is 11.3 Å². The summed E-state index contributed by atoms with van der Waals surface area (Å²) >= 11 is 2.83. The van der Waals surface area contributed by atoms with Crippen molar-refractivity contribution in [1.82, 2.24) is 15.2 Å². The third-order valence-electron chi connectivity index (χ3n) is 4.57. The number of rotatable bonds is 13.